The number of aromatic amines is 1. The van der Waals surface area contributed by atoms with Crippen LogP contribution in [0.5, 0.6) is 0 Å². The van der Waals surface area contributed by atoms with Crippen molar-refractivity contribution in [2.75, 3.05) is 7.11 Å². The minimum Gasteiger partial charge on any atom is -0.468 e. The minimum absolute atomic E-state index is 0.173. The molecule has 6 heteroatoms. The predicted octanol–water partition coefficient (Wildman–Crippen LogP) is 2.69. The van der Waals surface area contributed by atoms with E-state index in [9.17, 15) is 14.0 Å². The van der Waals surface area contributed by atoms with E-state index in [4.69, 9.17) is 4.74 Å². The van der Waals surface area contributed by atoms with Gasteiger partial charge in [-0.3, -0.25) is 9.59 Å². The number of benzene rings is 1. The van der Waals surface area contributed by atoms with Gasteiger partial charge in [0.1, 0.15) is 11.6 Å². The van der Waals surface area contributed by atoms with Crippen LogP contribution in [0.3, 0.4) is 0 Å². The van der Waals surface area contributed by atoms with E-state index in [1.54, 1.807) is 19.1 Å². The summed E-state index contributed by atoms with van der Waals surface area (Å²) in [5.74, 6) is 0.294. The lowest BCUT2D eigenvalue weighted by Crippen LogP contribution is -2.45. The number of esters is 1. The molecule has 4 rings (SSSR count). The van der Waals surface area contributed by atoms with Gasteiger partial charge in [-0.15, -0.1) is 0 Å². The molecule has 2 aliphatic rings. The molecule has 5 nitrogen and oxygen atoms in total. The molecule has 1 saturated carbocycles. The summed E-state index contributed by atoms with van der Waals surface area (Å²) in [6.07, 6.45) is 3.21. The van der Waals surface area contributed by atoms with E-state index in [2.05, 4.69) is 9.97 Å². The lowest BCUT2D eigenvalue weighted by Gasteiger charge is -2.36. The molecule has 26 heavy (non-hydrogen) atoms. The summed E-state index contributed by atoms with van der Waals surface area (Å²) in [6, 6.07) is 4.72. The van der Waals surface area contributed by atoms with Crippen molar-refractivity contribution < 1.29 is 13.9 Å². The highest BCUT2D eigenvalue weighted by atomic mass is 19.1. The second-order valence-electron chi connectivity index (χ2n) is 7.31. The van der Waals surface area contributed by atoms with E-state index in [1.807, 2.05) is 0 Å². The van der Waals surface area contributed by atoms with Gasteiger partial charge in [-0.25, -0.2) is 9.37 Å². The summed E-state index contributed by atoms with van der Waals surface area (Å²) >= 11 is 0. The highest BCUT2D eigenvalue weighted by molar-refractivity contribution is 5.84. The number of hydrogen-bond donors (Lipinski definition) is 1. The van der Waals surface area contributed by atoms with Crippen LogP contribution < -0.4 is 5.56 Å². The number of ether oxygens (including phenoxy) is 1. The Morgan fingerprint density at radius 3 is 2.85 bits per heavy atom. The topological polar surface area (TPSA) is 72.0 Å². The molecule has 1 aromatic carbocycles. The van der Waals surface area contributed by atoms with E-state index in [1.165, 1.54) is 13.2 Å². The van der Waals surface area contributed by atoms with Gasteiger partial charge in [-0.1, -0.05) is 12.1 Å². The van der Waals surface area contributed by atoms with Gasteiger partial charge in [0, 0.05) is 11.5 Å². The van der Waals surface area contributed by atoms with Gasteiger partial charge >= 0.3 is 5.97 Å². The zero-order chi connectivity index (χ0) is 18.5. The van der Waals surface area contributed by atoms with Crippen LogP contribution in [-0.2, 0) is 27.8 Å². The third-order valence-electron chi connectivity index (χ3n) is 5.71. The largest absolute Gasteiger partial charge is 0.468 e. The molecule has 1 N–H and O–H groups in total. The molecular weight excluding hydrogens is 335 g/mol. The maximum atomic E-state index is 14.2. The van der Waals surface area contributed by atoms with E-state index >= 15 is 0 Å². The Bertz CT molecular complexity index is 949. The third kappa shape index (κ3) is 2.55. The average molecular weight is 356 g/mol. The molecule has 0 bridgehead atoms. The molecule has 2 aliphatic carbocycles. The van der Waals surface area contributed by atoms with Crippen LogP contribution in [0.2, 0.25) is 0 Å². The van der Waals surface area contributed by atoms with Crippen LogP contribution in [0.1, 0.15) is 53.4 Å². The van der Waals surface area contributed by atoms with Crippen molar-refractivity contribution in [3.05, 3.63) is 62.6 Å². The summed E-state index contributed by atoms with van der Waals surface area (Å²) in [5.41, 5.74) is 1.00. The van der Waals surface area contributed by atoms with Crippen molar-refractivity contribution in [1.82, 2.24) is 9.97 Å². The Labute approximate surface area is 150 Å². The van der Waals surface area contributed by atoms with Crippen LogP contribution in [0.4, 0.5) is 4.39 Å². The first-order valence-corrected chi connectivity index (χ1v) is 8.92. The second-order valence-corrected chi connectivity index (χ2v) is 7.31. The molecular formula is C20H21FN2O3. The summed E-state index contributed by atoms with van der Waals surface area (Å²) in [7, 11) is 1.33. The van der Waals surface area contributed by atoms with Crippen molar-refractivity contribution in [2.24, 2.45) is 0 Å². The number of H-pyrrole nitrogens is 1. The van der Waals surface area contributed by atoms with Gasteiger partial charge in [-0.2, -0.15) is 0 Å². The monoisotopic (exact) mass is 356 g/mol. The smallest absolute Gasteiger partial charge is 0.316 e. The quantitative estimate of drug-likeness (QED) is 0.859. The Morgan fingerprint density at radius 2 is 2.15 bits per heavy atom. The van der Waals surface area contributed by atoms with Crippen LogP contribution in [0.25, 0.3) is 0 Å². The normalized spacial score (nSPS) is 22.0. The van der Waals surface area contributed by atoms with Crippen molar-refractivity contribution >= 4 is 5.97 Å². The molecule has 0 saturated heterocycles. The summed E-state index contributed by atoms with van der Waals surface area (Å²) in [5, 5.41) is 0. The molecule has 1 aromatic heterocycles. The molecule has 0 spiro atoms. The lowest BCUT2D eigenvalue weighted by atomic mass is 9.67. The Hall–Kier alpha value is -2.50. The number of rotatable bonds is 3. The summed E-state index contributed by atoms with van der Waals surface area (Å²) < 4.78 is 19.2. The summed E-state index contributed by atoms with van der Waals surface area (Å²) in [4.78, 5) is 33.0. The fourth-order valence-corrected chi connectivity index (χ4v) is 4.06. The first-order chi connectivity index (χ1) is 12.5. The molecule has 0 radical (unpaired) electrons. The number of aryl methyl sites for hydroxylation is 1. The number of methoxy groups -OCH3 is 1. The molecule has 2 aromatic rings. The number of halogens is 1. The van der Waals surface area contributed by atoms with Crippen LogP contribution in [0, 0.1) is 12.7 Å². The van der Waals surface area contributed by atoms with Crippen LogP contribution >= 0.6 is 0 Å². The van der Waals surface area contributed by atoms with Crippen molar-refractivity contribution in [3.8, 4) is 0 Å². The summed E-state index contributed by atoms with van der Waals surface area (Å²) in [6.45, 7) is 1.66. The van der Waals surface area contributed by atoms with Crippen molar-refractivity contribution in [3.63, 3.8) is 0 Å². The zero-order valence-corrected chi connectivity index (χ0v) is 14.9. The molecule has 136 valence electrons. The number of nitrogens with zero attached hydrogens (tertiary/aromatic N) is 1. The predicted molar refractivity (Wildman–Crippen MR) is 93.7 cm³/mol. The highest BCUT2D eigenvalue weighted by Crippen LogP contribution is 2.42. The van der Waals surface area contributed by atoms with E-state index in [0.29, 0.717) is 35.4 Å². The molecule has 0 aliphatic heterocycles. The first kappa shape index (κ1) is 16.9. The number of carbonyl (C=O) groups excluding carboxylic acids is 1. The Balaban J connectivity index is 1.84. The SMILES string of the molecule is COC(=O)C1(c2cccc(F)c2C)CCc2nc(C3CC3)[nH]c(=O)c2C1. The van der Waals surface area contributed by atoms with E-state index in [-0.39, 0.29) is 17.8 Å². The van der Waals surface area contributed by atoms with Gasteiger partial charge < -0.3 is 9.72 Å². The lowest BCUT2D eigenvalue weighted by molar-refractivity contribution is -0.148. The van der Waals surface area contributed by atoms with E-state index < -0.39 is 11.4 Å². The van der Waals surface area contributed by atoms with Crippen molar-refractivity contribution in [1.29, 1.82) is 0 Å². The Kier molecular flexibility index (Phi) is 3.93. The maximum absolute atomic E-state index is 14.2. The van der Waals surface area contributed by atoms with Crippen LogP contribution in [0.15, 0.2) is 23.0 Å². The fourth-order valence-electron chi connectivity index (χ4n) is 4.06. The first-order valence-electron chi connectivity index (χ1n) is 8.92. The number of fused-ring (bicyclic) bond motifs is 1. The number of carbonyl (C=O) groups is 1. The van der Waals surface area contributed by atoms with Gasteiger partial charge in [-0.05, 0) is 56.2 Å². The molecule has 1 unspecified atom stereocenters. The van der Waals surface area contributed by atoms with Gasteiger partial charge in [0.15, 0.2) is 0 Å². The number of nitrogens with one attached hydrogen (secondary N) is 1. The molecule has 1 heterocycles. The second kappa shape index (κ2) is 6.04. The van der Waals surface area contributed by atoms with Gasteiger partial charge in [0.25, 0.3) is 5.56 Å². The number of hydrogen-bond acceptors (Lipinski definition) is 4. The highest BCUT2D eigenvalue weighted by Gasteiger charge is 2.46. The van der Waals surface area contributed by atoms with E-state index in [0.717, 1.165) is 24.4 Å². The number of aromatic nitrogens is 2. The fraction of sp³-hybridized carbons (Fsp3) is 0.450. The average Bonchev–Trinajstić information content (AvgIpc) is 3.48. The third-order valence-corrected chi connectivity index (χ3v) is 5.71. The van der Waals surface area contributed by atoms with Crippen molar-refractivity contribution in [2.45, 2.75) is 50.4 Å². The molecule has 0 amide bonds. The van der Waals surface area contributed by atoms with Gasteiger partial charge in [0.2, 0.25) is 0 Å². The standard InChI is InChI=1S/C20H21FN2O3/c1-11-14(4-3-5-15(11)21)20(19(25)26-2)9-8-16-13(10-20)18(24)23-17(22-16)12-6-7-12/h3-5,12H,6-10H2,1-2H3,(H,22,23,24). The van der Waals surface area contributed by atoms with Crippen LogP contribution in [-0.4, -0.2) is 23.0 Å². The molecule has 1 atom stereocenters. The maximum Gasteiger partial charge on any atom is 0.316 e. The minimum atomic E-state index is -1.07. The van der Waals surface area contributed by atoms with Gasteiger partial charge in [0.05, 0.1) is 18.2 Å². The zero-order valence-electron chi connectivity index (χ0n) is 14.9. The molecule has 1 fully saturated rings. The Morgan fingerprint density at radius 1 is 1.38 bits per heavy atom.